The first-order chi connectivity index (χ1) is 8.35. The molecular weight excluding hydrogens is 210 g/mol. The zero-order valence-corrected chi connectivity index (χ0v) is 10.7. The molecule has 1 aromatic rings. The summed E-state index contributed by atoms with van der Waals surface area (Å²) in [6.07, 6.45) is 8.55. The van der Waals surface area contributed by atoms with E-state index in [-0.39, 0.29) is 0 Å². The van der Waals surface area contributed by atoms with E-state index < -0.39 is 0 Å². The smallest absolute Gasteiger partial charge is 0.0555 e. The zero-order valence-electron chi connectivity index (χ0n) is 10.7. The van der Waals surface area contributed by atoms with Crippen LogP contribution in [0.2, 0.25) is 0 Å². The van der Waals surface area contributed by atoms with Crippen LogP contribution < -0.4 is 10.6 Å². The van der Waals surface area contributed by atoms with Crippen molar-refractivity contribution >= 4 is 5.69 Å². The molecule has 1 aromatic heterocycles. The highest BCUT2D eigenvalue weighted by atomic mass is 15.2. The van der Waals surface area contributed by atoms with Gasteiger partial charge >= 0.3 is 0 Å². The van der Waals surface area contributed by atoms with Crippen LogP contribution >= 0.6 is 0 Å². The lowest BCUT2D eigenvalue weighted by atomic mass is 10.1. The lowest BCUT2D eigenvalue weighted by Crippen LogP contribution is -2.34. The van der Waals surface area contributed by atoms with Crippen LogP contribution in [0.5, 0.6) is 0 Å². The second-order valence-electron chi connectivity index (χ2n) is 4.82. The van der Waals surface area contributed by atoms with Gasteiger partial charge in [-0.1, -0.05) is 19.8 Å². The number of rotatable bonds is 3. The second-order valence-corrected chi connectivity index (χ2v) is 4.82. The van der Waals surface area contributed by atoms with Crippen LogP contribution in [0.25, 0.3) is 0 Å². The van der Waals surface area contributed by atoms with E-state index >= 15 is 0 Å². The minimum absolute atomic E-state index is 0.525. The molecule has 94 valence electrons. The van der Waals surface area contributed by atoms with Crippen LogP contribution in [0.3, 0.4) is 0 Å². The Balaban J connectivity index is 2.16. The molecule has 1 aliphatic rings. The topological polar surface area (TPSA) is 42.1 Å². The average Bonchev–Trinajstić information content (AvgIpc) is 2.64. The Bertz CT molecular complexity index is 334. The van der Waals surface area contributed by atoms with E-state index in [1.807, 2.05) is 12.3 Å². The lowest BCUT2D eigenvalue weighted by molar-refractivity contribution is 0.555. The van der Waals surface area contributed by atoms with Crippen molar-refractivity contribution in [2.24, 2.45) is 5.73 Å². The van der Waals surface area contributed by atoms with E-state index in [0.717, 1.165) is 5.69 Å². The van der Waals surface area contributed by atoms with E-state index in [2.05, 4.69) is 22.9 Å². The number of anilines is 1. The van der Waals surface area contributed by atoms with Gasteiger partial charge in [0.2, 0.25) is 0 Å². The van der Waals surface area contributed by atoms with E-state index in [4.69, 9.17) is 5.73 Å². The first-order valence-corrected chi connectivity index (χ1v) is 6.76. The molecule has 0 amide bonds. The molecular formula is C14H23N3. The predicted octanol–water partition coefficient (Wildman–Crippen LogP) is 2.70. The molecule has 0 radical (unpaired) electrons. The van der Waals surface area contributed by atoms with Gasteiger partial charge < -0.3 is 10.6 Å². The third-order valence-electron chi connectivity index (χ3n) is 3.70. The minimum atomic E-state index is 0.525. The van der Waals surface area contributed by atoms with Crippen molar-refractivity contribution < 1.29 is 0 Å². The SMILES string of the molecule is CCC1CCCCCN1c1ccc(CN)nc1. The van der Waals surface area contributed by atoms with Gasteiger partial charge in [0.25, 0.3) is 0 Å². The normalized spacial score (nSPS) is 21.3. The van der Waals surface area contributed by atoms with E-state index in [0.29, 0.717) is 12.6 Å². The van der Waals surface area contributed by atoms with Crippen molar-refractivity contribution in [3.8, 4) is 0 Å². The van der Waals surface area contributed by atoms with Crippen LogP contribution in [0, 0.1) is 0 Å². The molecule has 17 heavy (non-hydrogen) atoms. The Kier molecular flexibility index (Phi) is 4.37. The minimum Gasteiger partial charge on any atom is -0.367 e. The number of pyridine rings is 1. The standard InChI is InChI=1S/C14H23N3/c1-2-13-6-4-3-5-9-17(13)14-8-7-12(10-15)16-11-14/h7-8,11,13H,2-6,9-10,15H2,1H3. The van der Waals surface area contributed by atoms with Crippen LogP contribution in [0.1, 0.15) is 44.7 Å². The number of nitrogens with zero attached hydrogens (tertiary/aromatic N) is 2. The van der Waals surface area contributed by atoms with Gasteiger partial charge in [-0.2, -0.15) is 0 Å². The van der Waals surface area contributed by atoms with Crippen LogP contribution in [0.4, 0.5) is 5.69 Å². The van der Waals surface area contributed by atoms with Crippen molar-refractivity contribution in [3.05, 3.63) is 24.0 Å². The fourth-order valence-corrected chi connectivity index (χ4v) is 2.65. The molecule has 3 nitrogen and oxygen atoms in total. The first kappa shape index (κ1) is 12.4. The molecule has 0 aromatic carbocycles. The molecule has 0 spiro atoms. The summed E-state index contributed by atoms with van der Waals surface area (Å²) in [5, 5.41) is 0. The van der Waals surface area contributed by atoms with Gasteiger partial charge in [0.1, 0.15) is 0 Å². The summed E-state index contributed by atoms with van der Waals surface area (Å²) in [4.78, 5) is 6.93. The maximum Gasteiger partial charge on any atom is 0.0555 e. The van der Waals surface area contributed by atoms with Crippen LogP contribution in [0.15, 0.2) is 18.3 Å². The second kappa shape index (κ2) is 6.01. The molecule has 1 atom stereocenters. The third kappa shape index (κ3) is 2.97. The van der Waals surface area contributed by atoms with Crippen molar-refractivity contribution in [2.45, 2.75) is 51.6 Å². The average molecular weight is 233 g/mol. The molecule has 1 aliphatic heterocycles. The summed E-state index contributed by atoms with van der Waals surface area (Å²) in [5.41, 5.74) is 7.81. The summed E-state index contributed by atoms with van der Waals surface area (Å²) >= 11 is 0. The highest BCUT2D eigenvalue weighted by molar-refractivity contribution is 5.45. The van der Waals surface area contributed by atoms with Gasteiger partial charge in [0.05, 0.1) is 17.6 Å². The van der Waals surface area contributed by atoms with Crippen LogP contribution in [-0.4, -0.2) is 17.6 Å². The molecule has 0 aliphatic carbocycles. The molecule has 3 heteroatoms. The van der Waals surface area contributed by atoms with Crippen molar-refractivity contribution in [1.82, 2.24) is 4.98 Å². The molecule has 2 N–H and O–H groups in total. The Morgan fingerprint density at radius 1 is 1.35 bits per heavy atom. The monoisotopic (exact) mass is 233 g/mol. The summed E-state index contributed by atoms with van der Waals surface area (Å²) in [7, 11) is 0. The Morgan fingerprint density at radius 3 is 2.88 bits per heavy atom. The summed E-state index contributed by atoms with van der Waals surface area (Å²) in [6.45, 7) is 3.98. The molecule has 1 fully saturated rings. The summed E-state index contributed by atoms with van der Waals surface area (Å²) in [6, 6.07) is 4.90. The number of hydrogen-bond donors (Lipinski definition) is 1. The van der Waals surface area contributed by atoms with Gasteiger partial charge in [0, 0.05) is 19.1 Å². The Morgan fingerprint density at radius 2 is 2.24 bits per heavy atom. The van der Waals surface area contributed by atoms with Gasteiger partial charge in [0.15, 0.2) is 0 Å². The van der Waals surface area contributed by atoms with Crippen LogP contribution in [-0.2, 0) is 6.54 Å². The van der Waals surface area contributed by atoms with Crippen molar-refractivity contribution in [2.75, 3.05) is 11.4 Å². The summed E-state index contributed by atoms with van der Waals surface area (Å²) < 4.78 is 0. The lowest BCUT2D eigenvalue weighted by Gasteiger charge is -2.31. The third-order valence-corrected chi connectivity index (χ3v) is 3.70. The summed E-state index contributed by atoms with van der Waals surface area (Å²) in [5.74, 6) is 0. The zero-order chi connectivity index (χ0) is 12.1. The van der Waals surface area contributed by atoms with E-state index in [9.17, 15) is 0 Å². The Hall–Kier alpha value is -1.09. The quantitative estimate of drug-likeness (QED) is 0.872. The fraction of sp³-hybridized carbons (Fsp3) is 0.643. The van der Waals surface area contributed by atoms with Gasteiger partial charge in [-0.05, 0) is 31.4 Å². The highest BCUT2D eigenvalue weighted by Crippen LogP contribution is 2.25. The fourth-order valence-electron chi connectivity index (χ4n) is 2.65. The van der Waals surface area contributed by atoms with E-state index in [1.54, 1.807) is 0 Å². The highest BCUT2D eigenvalue weighted by Gasteiger charge is 2.19. The molecule has 1 saturated heterocycles. The molecule has 0 saturated carbocycles. The van der Waals surface area contributed by atoms with E-state index in [1.165, 1.54) is 44.3 Å². The molecule has 2 rings (SSSR count). The number of aromatic nitrogens is 1. The Labute approximate surface area is 104 Å². The maximum absolute atomic E-state index is 5.58. The maximum atomic E-state index is 5.58. The molecule has 1 unspecified atom stereocenters. The predicted molar refractivity (Wildman–Crippen MR) is 72.0 cm³/mol. The van der Waals surface area contributed by atoms with Crippen molar-refractivity contribution in [3.63, 3.8) is 0 Å². The number of hydrogen-bond acceptors (Lipinski definition) is 3. The molecule has 2 heterocycles. The first-order valence-electron chi connectivity index (χ1n) is 6.76. The number of nitrogens with two attached hydrogens (primary N) is 1. The van der Waals surface area contributed by atoms with Crippen molar-refractivity contribution in [1.29, 1.82) is 0 Å². The van der Waals surface area contributed by atoms with Gasteiger partial charge in [-0.15, -0.1) is 0 Å². The molecule has 0 bridgehead atoms. The van der Waals surface area contributed by atoms with Gasteiger partial charge in [-0.25, -0.2) is 0 Å². The van der Waals surface area contributed by atoms with Gasteiger partial charge in [-0.3, -0.25) is 4.98 Å². The largest absolute Gasteiger partial charge is 0.367 e.